The van der Waals surface area contributed by atoms with Crippen molar-refractivity contribution in [2.75, 3.05) is 19.5 Å². The van der Waals surface area contributed by atoms with Gasteiger partial charge in [-0.2, -0.15) is 0 Å². The Morgan fingerprint density at radius 1 is 1.37 bits per heavy atom. The van der Waals surface area contributed by atoms with Gasteiger partial charge in [0.2, 0.25) is 0 Å². The predicted molar refractivity (Wildman–Crippen MR) is 76.9 cm³/mol. The highest BCUT2D eigenvalue weighted by atomic mass is 35.5. The van der Waals surface area contributed by atoms with E-state index in [2.05, 4.69) is 5.32 Å². The van der Waals surface area contributed by atoms with Crippen molar-refractivity contribution in [2.45, 2.75) is 25.7 Å². The van der Waals surface area contributed by atoms with Gasteiger partial charge in [0.25, 0.3) is 5.91 Å². The maximum Gasteiger partial charge on any atom is 0.255 e. The number of rotatable bonds is 5. The molecule has 1 aliphatic rings. The number of para-hydroxylation sites is 1. The molecule has 1 fully saturated rings. The number of benzene rings is 1. The van der Waals surface area contributed by atoms with Gasteiger partial charge in [0, 0.05) is 17.8 Å². The monoisotopic (exact) mass is 281 g/mol. The molecule has 0 radical (unpaired) electrons. The molecule has 0 aliphatic heterocycles. The second-order valence-corrected chi connectivity index (χ2v) is 5.49. The van der Waals surface area contributed by atoms with Crippen LogP contribution in [0, 0.1) is 5.41 Å². The second kappa shape index (κ2) is 6.29. The van der Waals surface area contributed by atoms with E-state index in [1.807, 2.05) is 12.1 Å². The highest BCUT2D eigenvalue weighted by Crippen LogP contribution is 2.38. The number of carbonyl (C=O) groups excluding carboxylic acids is 1. The fourth-order valence-corrected chi connectivity index (χ4v) is 3.04. The second-order valence-electron chi connectivity index (χ2n) is 5.22. The first kappa shape index (κ1) is 14.2. The van der Waals surface area contributed by atoms with Crippen molar-refractivity contribution < 1.29 is 9.53 Å². The number of methoxy groups -OCH3 is 1. The fourth-order valence-electron chi connectivity index (χ4n) is 2.68. The molecule has 0 spiro atoms. The number of ether oxygens (including phenoxy) is 1. The first-order chi connectivity index (χ1) is 9.21. The Morgan fingerprint density at radius 3 is 2.68 bits per heavy atom. The Bertz CT molecular complexity index is 442. The Labute approximate surface area is 119 Å². The zero-order valence-electron chi connectivity index (χ0n) is 11.2. The molecule has 1 aliphatic carbocycles. The molecule has 1 N–H and O–H groups in total. The Kier molecular flexibility index (Phi) is 4.70. The van der Waals surface area contributed by atoms with Crippen LogP contribution in [0.5, 0.6) is 5.75 Å². The number of halogens is 1. The summed E-state index contributed by atoms with van der Waals surface area (Å²) in [5, 5.41) is 3.00. The highest BCUT2D eigenvalue weighted by Gasteiger charge is 2.33. The first-order valence-corrected chi connectivity index (χ1v) is 7.21. The van der Waals surface area contributed by atoms with Crippen LogP contribution in [0.1, 0.15) is 36.0 Å². The Balaban J connectivity index is 2.01. The van der Waals surface area contributed by atoms with Crippen molar-refractivity contribution in [3.05, 3.63) is 29.8 Å². The van der Waals surface area contributed by atoms with Crippen molar-refractivity contribution in [2.24, 2.45) is 5.41 Å². The number of hydrogen-bond acceptors (Lipinski definition) is 2. The molecule has 2 rings (SSSR count). The van der Waals surface area contributed by atoms with Crippen LogP contribution in [-0.2, 0) is 0 Å². The smallest absolute Gasteiger partial charge is 0.255 e. The van der Waals surface area contributed by atoms with E-state index in [-0.39, 0.29) is 11.3 Å². The molecule has 1 aromatic carbocycles. The van der Waals surface area contributed by atoms with Gasteiger partial charge in [0.15, 0.2) is 0 Å². The zero-order chi connectivity index (χ0) is 13.7. The van der Waals surface area contributed by atoms with Crippen LogP contribution >= 0.6 is 11.6 Å². The summed E-state index contributed by atoms with van der Waals surface area (Å²) < 4.78 is 5.20. The lowest BCUT2D eigenvalue weighted by Gasteiger charge is -2.26. The SMILES string of the molecule is COc1ccccc1C(=O)NCC1(CCl)CCCC1. The predicted octanol–water partition coefficient (Wildman–Crippen LogP) is 3.22. The number of amides is 1. The van der Waals surface area contributed by atoms with Gasteiger partial charge in [0.1, 0.15) is 5.75 Å². The molecule has 1 amide bonds. The molecule has 0 saturated heterocycles. The van der Waals surface area contributed by atoms with Crippen LogP contribution in [-0.4, -0.2) is 25.4 Å². The molecule has 104 valence electrons. The molecule has 1 aromatic rings. The van der Waals surface area contributed by atoms with Crippen molar-refractivity contribution >= 4 is 17.5 Å². The average Bonchev–Trinajstić information content (AvgIpc) is 2.94. The van der Waals surface area contributed by atoms with Crippen LogP contribution in [0.15, 0.2) is 24.3 Å². The summed E-state index contributed by atoms with van der Waals surface area (Å²) in [5.41, 5.74) is 0.659. The van der Waals surface area contributed by atoms with Gasteiger partial charge in [-0.15, -0.1) is 11.6 Å². The minimum Gasteiger partial charge on any atom is -0.496 e. The summed E-state index contributed by atoms with van der Waals surface area (Å²) in [7, 11) is 1.57. The van der Waals surface area contributed by atoms with Crippen LogP contribution in [0.2, 0.25) is 0 Å². The van der Waals surface area contributed by atoms with E-state index in [9.17, 15) is 4.79 Å². The van der Waals surface area contributed by atoms with Crippen molar-refractivity contribution in [3.63, 3.8) is 0 Å². The molecule has 4 heteroatoms. The third-order valence-corrected chi connectivity index (χ3v) is 4.49. The van der Waals surface area contributed by atoms with E-state index < -0.39 is 0 Å². The van der Waals surface area contributed by atoms with E-state index >= 15 is 0 Å². The maximum absolute atomic E-state index is 12.2. The molecule has 0 bridgehead atoms. The van der Waals surface area contributed by atoms with Gasteiger partial charge in [-0.3, -0.25) is 4.79 Å². The van der Waals surface area contributed by atoms with Crippen LogP contribution in [0.25, 0.3) is 0 Å². The highest BCUT2D eigenvalue weighted by molar-refractivity contribution is 6.18. The third kappa shape index (κ3) is 3.21. The number of carbonyl (C=O) groups is 1. The molecule has 0 unspecified atom stereocenters. The summed E-state index contributed by atoms with van der Waals surface area (Å²) >= 11 is 6.08. The van der Waals surface area contributed by atoms with Gasteiger partial charge < -0.3 is 10.1 Å². The molecule has 0 heterocycles. The van der Waals surface area contributed by atoms with Crippen molar-refractivity contribution in [1.29, 1.82) is 0 Å². The van der Waals surface area contributed by atoms with E-state index in [4.69, 9.17) is 16.3 Å². The van der Waals surface area contributed by atoms with Gasteiger partial charge in [-0.25, -0.2) is 0 Å². The molecule has 1 saturated carbocycles. The van der Waals surface area contributed by atoms with Gasteiger partial charge in [-0.1, -0.05) is 25.0 Å². The van der Waals surface area contributed by atoms with Gasteiger partial charge >= 0.3 is 0 Å². The summed E-state index contributed by atoms with van der Waals surface area (Å²) in [6.45, 7) is 0.646. The quantitative estimate of drug-likeness (QED) is 0.842. The summed E-state index contributed by atoms with van der Waals surface area (Å²) in [6, 6.07) is 7.26. The third-order valence-electron chi connectivity index (χ3n) is 3.92. The standard InChI is InChI=1S/C15H20ClNO2/c1-19-13-7-3-2-6-12(13)14(18)17-11-15(10-16)8-4-5-9-15/h2-3,6-7H,4-5,8-11H2,1H3,(H,17,18). The largest absolute Gasteiger partial charge is 0.496 e. The molecule has 3 nitrogen and oxygen atoms in total. The normalized spacial score (nSPS) is 17.2. The number of hydrogen-bond donors (Lipinski definition) is 1. The zero-order valence-corrected chi connectivity index (χ0v) is 12.0. The van der Waals surface area contributed by atoms with Crippen molar-refractivity contribution in [3.8, 4) is 5.75 Å². The minimum atomic E-state index is -0.0890. The van der Waals surface area contributed by atoms with Crippen LogP contribution < -0.4 is 10.1 Å². The van der Waals surface area contributed by atoms with E-state index in [0.717, 1.165) is 12.8 Å². The fraction of sp³-hybridized carbons (Fsp3) is 0.533. The molecular formula is C15H20ClNO2. The van der Waals surface area contributed by atoms with E-state index in [0.29, 0.717) is 23.7 Å². The lowest BCUT2D eigenvalue weighted by Crippen LogP contribution is -2.37. The molecular weight excluding hydrogens is 262 g/mol. The Morgan fingerprint density at radius 2 is 2.05 bits per heavy atom. The average molecular weight is 282 g/mol. The summed E-state index contributed by atoms with van der Waals surface area (Å²) in [6.07, 6.45) is 4.61. The molecule has 0 atom stereocenters. The van der Waals surface area contributed by atoms with E-state index in [1.54, 1.807) is 19.2 Å². The van der Waals surface area contributed by atoms with Crippen molar-refractivity contribution in [1.82, 2.24) is 5.32 Å². The van der Waals surface area contributed by atoms with Gasteiger partial charge in [0.05, 0.1) is 12.7 Å². The lowest BCUT2D eigenvalue weighted by molar-refractivity contribution is 0.0932. The molecule has 0 aromatic heterocycles. The summed E-state index contributed by atoms with van der Waals surface area (Å²) in [4.78, 5) is 12.2. The topological polar surface area (TPSA) is 38.3 Å². The van der Waals surface area contributed by atoms with Crippen LogP contribution in [0.4, 0.5) is 0 Å². The van der Waals surface area contributed by atoms with Gasteiger partial charge in [-0.05, 0) is 25.0 Å². The lowest BCUT2D eigenvalue weighted by atomic mass is 9.88. The first-order valence-electron chi connectivity index (χ1n) is 6.68. The summed E-state index contributed by atoms with van der Waals surface area (Å²) in [5.74, 6) is 1.12. The minimum absolute atomic E-state index is 0.0826. The molecule has 19 heavy (non-hydrogen) atoms. The Hall–Kier alpha value is -1.22. The number of nitrogens with one attached hydrogen (secondary N) is 1. The van der Waals surface area contributed by atoms with Crippen LogP contribution in [0.3, 0.4) is 0 Å². The maximum atomic E-state index is 12.2. The number of alkyl halides is 1. The van der Waals surface area contributed by atoms with E-state index in [1.165, 1.54) is 12.8 Å².